The molecule has 27 heavy (non-hydrogen) atoms. The first-order valence-electron chi connectivity index (χ1n) is 9.66. The zero-order valence-electron chi connectivity index (χ0n) is 16.0. The molecule has 0 radical (unpaired) electrons. The molecule has 0 bridgehead atoms. The lowest BCUT2D eigenvalue weighted by atomic mass is 10.2. The molecule has 0 saturated heterocycles. The summed E-state index contributed by atoms with van der Waals surface area (Å²) < 4.78 is 9.66. The predicted molar refractivity (Wildman–Crippen MR) is 101 cm³/mol. The van der Waals surface area contributed by atoms with Crippen molar-refractivity contribution in [1.29, 1.82) is 0 Å². The number of hydrogen-bond acceptors (Lipinski definition) is 5. The summed E-state index contributed by atoms with van der Waals surface area (Å²) >= 11 is 0. The van der Waals surface area contributed by atoms with Crippen LogP contribution in [-0.4, -0.2) is 36.1 Å². The molecule has 3 aromatic rings. The summed E-state index contributed by atoms with van der Waals surface area (Å²) in [5, 5.41) is 19.5. The van der Waals surface area contributed by atoms with Crippen LogP contribution < -0.4 is 0 Å². The predicted octanol–water partition coefficient (Wildman–Crippen LogP) is 2.65. The minimum Gasteiger partial charge on any atom is -0.465 e. The molecule has 144 valence electrons. The van der Waals surface area contributed by atoms with E-state index in [1.807, 2.05) is 23.9 Å². The molecule has 4 rings (SSSR count). The maximum atomic E-state index is 10.7. The fraction of sp³-hybridized carbons (Fsp3) is 0.500. The lowest BCUT2D eigenvalue weighted by Crippen LogP contribution is -2.22. The Bertz CT molecular complexity index is 894. The molecule has 3 aromatic heterocycles. The molecule has 0 unspecified atom stereocenters. The summed E-state index contributed by atoms with van der Waals surface area (Å²) in [4.78, 5) is 2.38. The summed E-state index contributed by atoms with van der Waals surface area (Å²) in [5.41, 5.74) is 2.56. The number of hydrogen-bond donors (Lipinski definition) is 1. The smallest absolute Gasteiger partial charge is 0.139 e. The van der Waals surface area contributed by atoms with Crippen LogP contribution in [0.2, 0.25) is 0 Å². The molecule has 0 fully saturated rings. The molecule has 1 N–H and O–H groups in total. The van der Waals surface area contributed by atoms with Crippen molar-refractivity contribution in [2.24, 2.45) is 7.05 Å². The molecule has 0 aromatic carbocycles. The highest BCUT2D eigenvalue weighted by atomic mass is 16.3. The normalized spacial score (nSPS) is 16.3. The minimum atomic E-state index is -0.757. The lowest BCUT2D eigenvalue weighted by molar-refractivity contribution is 0.203. The number of rotatable bonds is 6. The van der Waals surface area contributed by atoms with Crippen molar-refractivity contribution in [1.82, 2.24) is 24.5 Å². The largest absolute Gasteiger partial charge is 0.465 e. The van der Waals surface area contributed by atoms with Crippen LogP contribution in [0, 0.1) is 0 Å². The molecule has 0 spiro atoms. The third kappa shape index (κ3) is 3.84. The van der Waals surface area contributed by atoms with Crippen molar-refractivity contribution in [2.45, 2.75) is 51.9 Å². The summed E-state index contributed by atoms with van der Waals surface area (Å²) in [5.74, 6) is 2.08. The van der Waals surface area contributed by atoms with Crippen molar-refractivity contribution in [2.75, 3.05) is 6.54 Å². The molecule has 1 aliphatic heterocycles. The number of furan rings is 1. The van der Waals surface area contributed by atoms with Crippen molar-refractivity contribution in [3.63, 3.8) is 0 Å². The molecule has 0 amide bonds. The molecule has 1 aliphatic rings. The van der Waals surface area contributed by atoms with E-state index in [4.69, 9.17) is 4.42 Å². The first kappa shape index (κ1) is 18.0. The van der Waals surface area contributed by atoms with Gasteiger partial charge in [-0.2, -0.15) is 10.2 Å². The third-order valence-corrected chi connectivity index (χ3v) is 5.12. The van der Waals surface area contributed by atoms with Gasteiger partial charge in [0.1, 0.15) is 17.6 Å². The molecule has 1 atom stereocenters. The number of aliphatic hydroxyl groups excluding tert-OH is 1. The topological polar surface area (TPSA) is 72.2 Å². The average Bonchev–Trinajstić information content (AvgIpc) is 3.34. The summed E-state index contributed by atoms with van der Waals surface area (Å²) in [6.45, 7) is 5.63. The Morgan fingerprint density at radius 3 is 2.85 bits per heavy atom. The van der Waals surface area contributed by atoms with E-state index in [0.717, 1.165) is 68.3 Å². The summed E-state index contributed by atoms with van der Waals surface area (Å²) in [7, 11) is 1.83. The second-order valence-corrected chi connectivity index (χ2v) is 7.25. The maximum absolute atomic E-state index is 10.7. The average molecular weight is 369 g/mol. The van der Waals surface area contributed by atoms with Gasteiger partial charge in [0.25, 0.3) is 0 Å². The van der Waals surface area contributed by atoms with Gasteiger partial charge in [-0.1, -0.05) is 6.92 Å². The van der Waals surface area contributed by atoms with Gasteiger partial charge in [-0.3, -0.25) is 14.3 Å². The molecule has 0 saturated carbocycles. The van der Waals surface area contributed by atoms with Crippen molar-refractivity contribution < 1.29 is 9.52 Å². The van der Waals surface area contributed by atoms with E-state index in [2.05, 4.69) is 34.2 Å². The molecule has 0 aliphatic carbocycles. The first-order valence-corrected chi connectivity index (χ1v) is 9.66. The quantitative estimate of drug-likeness (QED) is 0.723. The molecular formula is C20H27N5O2. The second-order valence-electron chi connectivity index (χ2n) is 7.25. The van der Waals surface area contributed by atoms with Gasteiger partial charge >= 0.3 is 0 Å². The Morgan fingerprint density at radius 1 is 1.22 bits per heavy atom. The van der Waals surface area contributed by atoms with E-state index in [0.29, 0.717) is 5.69 Å². The van der Waals surface area contributed by atoms with E-state index in [9.17, 15) is 5.11 Å². The number of aliphatic hydroxyl groups is 1. The zero-order valence-corrected chi connectivity index (χ0v) is 16.0. The molecule has 7 heteroatoms. The van der Waals surface area contributed by atoms with Crippen molar-refractivity contribution in [3.05, 3.63) is 59.1 Å². The third-order valence-electron chi connectivity index (χ3n) is 5.12. The number of nitrogens with zero attached hydrogens (tertiary/aromatic N) is 5. The highest BCUT2D eigenvalue weighted by Gasteiger charge is 2.22. The number of aryl methyl sites for hydroxylation is 3. The van der Waals surface area contributed by atoms with Crippen LogP contribution in [0.1, 0.15) is 54.5 Å². The van der Waals surface area contributed by atoms with E-state index >= 15 is 0 Å². The van der Waals surface area contributed by atoms with Gasteiger partial charge in [-0.15, -0.1) is 0 Å². The van der Waals surface area contributed by atoms with Gasteiger partial charge in [0, 0.05) is 39.3 Å². The number of fused-ring (bicyclic) bond motifs is 1. The van der Waals surface area contributed by atoms with Crippen LogP contribution in [0.3, 0.4) is 0 Å². The van der Waals surface area contributed by atoms with E-state index in [1.54, 1.807) is 10.9 Å². The monoisotopic (exact) mass is 369 g/mol. The Kier molecular flexibility index (Phi) is 5.13. The van der Waals surface area contributed by atoms with E-state index < -0.39 is 6.10 Å². The van der Waals surface area contributed by atoms with Gasteiger partial charge in [0.15, 0.2) is 0 Å². The van der Waals surface area contributed by atoms with Crippen LogP contribution in [-0.2, 0) is 33.1 Å². The summed E-state index contributed by atoms with van der Waals surface area (Å²) in [6, 6.07) is 8.01. The van der Waals surface area contributed by atoms with Crippen molar-refractivity contribution >= 4 is 0 Å². The molecule has 4 heterocycles. The standard InChI is InChI=1S/C20H27N5O2/c1-3-5-16-6-7-17(27-16)14-24-10-4-11-25-15(13-24)12-18(22-25)20(26)19-8-9-21-23(19)2/h6-9,12,20,26H,3-5,10-11,13-14H2,1-2H3/t20-/m0/s1. The second kappa shape index (κ2) is 7.70. The van der Waals surface area contributed by atoms with Crippen LogP contribution in [0.25, 0.3) is 0 Å². The van der Waals surface area contributed by atoms with Crippen molar-refractivity contribution in [3.8, 4) is 0 Å². The van der Waals surface area contributed by atoms with Crippen LogP contribution >= 0.6 is 0 Å². The minimum absolute atomic E-state index is 0.679. The van der Waals surface area contributed by atoms with E-state index in [-0.39, 0.29) is 0 Å². The van der Waals surface area contributed by atoms with E-state index in [1.165, 1.54) is 0 Å². The first-order chi connectivity index (χ1) is 13.1. The molecular weight excluding hydrogens is 342 g/mol. The summed E-state index contributed by atoms with van der Waals surface area (Å²) in [6.07, 6.45) is 4.04. The van der Waals surface area contributed by atoms with Gasteiger partial charge in [0.05, 0.1) is 23.6 Å². The Morgan fingerprint density at radius 2 is 2.07 bits per heavy atom. The Hall–Kier alpha value is -2.38. The Labute approximate surface area is 159 Å². The zero-order chi connectivity index (χ0) is 18.8. The SMILES string of the molecule is CCCc1ccc(CN2CCCn3nc([C@H](O)c4ccnn4C)cc3C2)o1. The molecule has 7 nitrogen and oxygen atoms in total. The van der Waals surface area contributed by atoms with Gasteiger partial charge in [-0.25, -0.2) is 0 Å². The van der Waals surface area contributed by atoms with Gasteiger partial charge in [0.2, 0.25) is 0 Å². The fourth-order valence-corrected chi connectivity index (χ4v) is 3.73. The lowest BCUT2D eigenvalue weighted by Gasteiger charge is -2.17. The van der Waals surface area contributed by atoms with Crippen LogP contribution in [0.4, 0.5) is 0 Å². The fourth-order valence-electron chi connectivity index (χ4n) is 3.73. The van der Waals surface area contributed by atoms with Gasteiger partial charge < -0.3 is 9.52 Å². The number of aromatic nitrogens is 4. The highest BCUT2D eigenvalue weighted by molar-refractivity contribution is 5.22. The maximum Gasteiger partial charge on any atom is 0.139 e. The Balaban J connectivity index is 1.48. The highest BCUT2D eigenvalue weighted by Crippen LogP contribution is 2.24. The van der Waals surface area contributed by atoms with Crippen LogP contribution in [0.5, 0.6) is 0 Å². The van der Waals surface area contributed by atoms with Crippen LogP contribution in [0.15, 0.2) is 34.9 Å². The van der Waals surface area contributed by atoms with Gasteiger partial charge in [-0.05, 0) is 37.1 Å².